The average molecular weight is 700 g/mol. The first kappa shape index (κ1) is 35.1. The van der Waals surface area contributed by atoms with Gasteiger partial charge in [0.15, 0.2) is 0 Å². The van der Waals surface area contributed by atoms with Crippen molar-refractivity contribution in [2.24, 2.45) is 0 Å². The third kappa shape index (κ3) is 7.13. The summed E-state index contributed by atoms with van der Waals surface area (Å²) in [6.07, 6.45) is 0.632. The average Bonchev–Trinajstić information content (AvgIpc) is 3.23. The Labute approximate surface area is 309 Å². The number of aliphatic hydroxyl groups is 1. The third-order valence-corrected chi connectivity index (χ3v) is 9.55. The van der Waals surface area contributed by atoms with Gasteiger partial charge in [-0.3, -0.25) is 4.57 Å². The quantitative estimate of drug-likeness (QED) is 0.112. The second-order valence-electron chi connectivity index (χ2n) is 12.8. The maximum absolute atomic E-state index is 13.7. The van der Waals surface area contributed by atoms with Gasteiger partial charge in [-0.25, -0.2) is 4.79 Å². The molecule has 0 fully saturated rings. The highest BCUT2D eigenvalue weighted by Gasteiger charge is 2.40. The fraction of sp³-hybridized carbons (Fsp3) is 0.130. The molecule has 0 aliphatic rings. The number of nitrogens with one attached hydrogen (secondary N) is 1. The molecule has 0 amide bonds. The van der Waals surface area contributed by atoms with Gasteiger partial charge in [-0.15, -0.1) is 0 Å². The smallest absolute Gasteiger partial charge is 0.349 e. The Kier molecular flexibility index (Phi) is 10.6. The SMILES string of the molecule is COc1ccccc1C(Nc1ccn(C[C@H](O)COC(c2ccccc2)(c2ccccc2)c2ccccc2)c(=O)n1)(c1ccccc1)c1ccccc1. The van der Waals surface area contributed by atoms with Crippen LogP contribution in [0.3, 0.4) is 0 Å². The first-order valence-corrected chi connectivity index (χ1v) is 17.6. The first-order chi connectivity index (χ1) is 26.0. The summed E-state index contributed by atoms with van der Waals surface area (Å²) < 4.78 is 14.1. The lowest BCUT2D eigenvalue weighted by atomic mass is 9.76. The minimum absolute atomic E-state index is 0.0183. The molecule has 53 heavy (non-hydrogen) atoms. The summed E-state index contributed by atoms with van der Waals surface area (Å²) >= 11 is 0. The number of hydrogen-bond acceptors (Lipinski definition) is 6. The van der Waals surface area contributed by atoms with Crippen LogP contribution in [0.2, 0.25) is 0 Å². The van der Waals surface area contributed by atoms with Crippen LogP contribution in [0.5, 0.6) is 5.75 Å². The zero-order valence-corrected chi connectivity index (χ0v) is 29.5. The van der Waals surface area contributed by atoms with Gasteiger partial charge in [-0.05, 0) is 39.9 Å². The second-order valence-corrected chi connectivity index (χ2v) is 12.8. The van der Waals surface area contributed by atoms with Crippen LogP contribution >= 0.6 is 0 Å². The summed E-state index contributed by atoms with van der Waals surface area (Å²) in [5, 5.41) is 15.1. The molecule has 0 saturated heterocycles. The van der Waals surface area contributed by atoms with E-state index in [0.29, 0.717) is 11.6 Å². The van der Waals surface area contributed by atoms with Crippen LogP contribution in [0.15, 0.2) is 193 Å². The number of methoxy groups -OCH3 is 1. The molecule has 0 unspecified atom stereocenters. The molecule has 264 valence electrons. The topological polar surface area (TPSA) is 85.6 Å². The lowest BCUT2D eigenvalue weighted by molar-refractivity contribution is -0.0426. The van der Waals surface area contributed by atoms with Gasteiger partial charge in [0.25, 0.3) is 0 Å². The Morgan fingerprint density at radius 2 is 1.06 bits per heavy atom. The van der Waals surface area contributed by atoms with Crippen LogP contribution in [0.4, 0.5) is 5.82 Å². The lowest BCUT2D eigenvalue weighted by Gasteiger charge is -2.38. The standard InChI is InChI=1S/C46H41N3O4/c1-52-42-30-18-17-29-41(42)45(35-19-7-2-8-20-35,36-21-9-3-10-22-36)48-43-31-32-49(44(51)47-43)33-40(50)34-53-46(37-23-11-4-12-24-37,38-25-13-5-14-26-38)39-27-15-6-16-28-39/h2-32,40,50H,33-34H2,1H3,(H,47,48,51)/t40-/m0/s1. The molecule has 2 N–H and O–H groups in total. The molecule has 7 rings (SSSR count). The fourth-order valence-corrected chi connectivity index (χ4v) is 7.12. The molecule has 7 heteroatoms. The first-order valence-electron chi connectivity index (χ1n) is 17.6. The minimum Gasteiger partial charge on any atom is -0.496 e. The Hall–Kier alpha value is -6.28. The third-order valence-electron chi connectivity index (χ3n) is 9.55. The van der Waals surface area contributed by atoms with E-state index in [1.165, 1.54) is 4.57 Å². The molecule has 0 saturated carbocycles. The summed E-state index contributed by atoms with van der Waals surface area (Å²) in [4.78, 5) is 18.2. The van der Waals surface area contributed by atoms with Crippen molar-refractivity contribution < 1.29 is 14.6 Å². The van der Waals surface area contributed by atoms with Crippen LogP contribution < -0.4 is 15.7 Å². The van der Waals surface area contributed by atoms with Crippen molar-refractivity contribution in [2.75, 3.05) is 19.0 Å². The van der Waals surface area contributed by atoms with Gasteiger partial charge in [0, 0.05) is 11.8 Å². The molecule has 6 aromatic carbocycles. The van der Waals surface area contributed by atoms with Crippen molar-refractivity contribution in [3.8, 4) is 5.75 Å². The highest BCUT2D eigenvalue weighted by Crippen LogP contribution is 2.44. The van der Waals surface area contributed by atoms with Gasteiger partial charge < -0.3 is 19.9 Å². The molecule has 1 atom stereocenters. The molecule has 0 radical (unpaired) electrons. The number of nitrogens with zero attached hydrogens (tertiary/aromatic N) is 2. The van der Waals surface area contributed by atoms with Gasteiger partial charge >= 0.3 is 5.69 Å². The predicted molar refractivity (Wildman–Crippen MR) is 209 cm³/mol. The number of anilines is 1. The summed E-state index contributed by atoms with van der Waals surface area (Å²) in [5.74, 6) is 1.05. The van der Waals surface area contributed by atoms with E-state index in [4.69, 9.17) is 9.47 Å². The molecule has 7 nitrogen and oxygen atoms in total. The number of aliphatic hydroxyl groups excluding tert-OH is 1. The number of hydrogen-bond donors (Lipinski definition) is 2. The fourth-order valence-electron chi connectivity index (χ4n) is 7.12. The van der Waals surface area contributed by atoms with Crippen LogP contribution in [0, 0.1) is 0 Å². The van der Waals surface area contributed by atoms with E-state index in [0.717, 1.165) is 33.4 Å². The normalized spacial score (nSPS) is 12.2. The van der Waals surface area contributed by atoms with Crippen molar-refractivity contribution in [3.63, 3.8) is 0 Å². The minimum atomic E-state index is -1.02. The summed E-state index contributed by atoms with van der Waals surface area (Å²) in [7, 11) is 1.65. The van der Waals surface area contributed by atoms with Gasteiger partial charge in [-0.2, -0.15) is 4.98 Å². The second kappa shape index (κ2) is 15.9. The van der Waals surface area contributed by atoms with Crippen molar-refractivity contribution >= 4 is 5.82 Å². The predicted octanol–water partition coefficient (Wildman–Crippen LogP) is 8.03. The molecule has 0 aliphatic heterocycles. The number of para-hydroxylation sites is 1. The van der Waals surface area contributed by atoms with Crippen LogP contribution in [-0.2, 0) is 22.4 Å². The van der Waals surface area contributed by atoms with Crippen molar-refractivity contribution in [2.45, 2.75) is 23.8 Å². The number of rotatable bonds is 14. The van der Waals surface area contributed by atoms with Crippen LogP contribution in [0.25, 0.3) is 0 Å². The number of benzene rings is 6. The lowest BCUT2D eigenvalue weighted by Crippen LogP contribution is -2.40. The highest BCUT2D eigenvalue weighted by atomic mass is 16.5. The van der Waals surface area contributed by atoms with Crippen LogP contribution in [0.1, 0.15) is 33.4 Å². The van der Waals surface area contributed by atoms with E-state index in [-0.39, 0.29) is 13.2 Å². The number of ether oxygens (including phenoxy) is 2. The van der Waals surface area contributed by atoms with Crippen LogP contribution in [-0.4, -0.2) is 34.5 Å². The number of aromatic nitrogens is 2. The van der Waals surface area contributed by atoms with E-state index >= 15 is 0 Å². The zero-order chi connectivity index (χ0) is 36.5. The van der Waals surface area contributed by atoms with E-state index in [9.17, 15) is 9.90 Å². The maximum Gasteiger partial charge on any atom is 0.349 e. The summed E-state index contributed by atoms with van der Waals surface area (Å²) in [6, 6.07) is 59.7. The molecule has 0 aliphatic carbocycles. The summed E-state index contributed by atoms with van der Waals surface area (Å²) in [6.45, 7) is -0.0698. The maximum atomic E-state index is 13.7. The van der Waals surface area contributed by atoms with Crippen molar-refractivity contribution in [3.05, 3.63) is 232 Å². The molecule has 0 spiro atoms. The summed E-state index contributed by atoms with van der Waals surface area (Å²) in [5.41, 5.74) is 3.03. The monoisotopic (exact) mass is 699 g/mol. The van der Waals surface area contributed by atoms with Gasteiger partial charge in [0.2, 0.25) is 0 Å². The molecular weight excluding hydrogens is 659 g/mol. The Morgan fingerprint density at radius 3 is 1.51 bits per heavy atom. The van der Waals surface area contributed by atoms with Gasteiger partial charge in [0.1, 0.15) is 22.7 Å². The molecule has 1 aromatic heterocycles. The molecular formula is C46H41N3O4. The highest BCUT2D eigenvalue weighted by molar-refractivity contribution is 5.61. The van der Waals surface area contributed by atoms with Gasteiger partial charge in [-0.1, -0.05) is 170 Å². The van der Waals surface area contributed by atoms with E-state index in [2.05, 4.69) is 10.3 Å². The molecule has 7 aromatic rings. The van der Waals surface area contributed by atoms with Gasteiger partial charge in [0.05, 0.1) is 26.4 Å². The van der Waals surface area contributed by atoms with E-state index in [1.807, 2.05) is 176 Å². The molecule has 1 heterocycles. The Bertz CT molecular complexity index is 2130. The van der Waals surface area contributed by atoms with E-state index < -0.39 is 22.9 Å². The zero-order valence-electron chi connectivity index (χ0n) is 29.5. The Morgan fingerprint density at radius 1 is 0.623 bits per heavy atom. The Balaban J connectivity index is 1.20. The van der Waals surface area contributed by atoms with Crippen molar-refractivity contribution in [1.82, 2.24) is 9.55 Å². The van der Waals surface area contributed by atoms with Crippen molar-refractivity contribution in [1.29, 1.82) is 0 Å². The largest absolute Gasteiger partial charge is 0.496 e. The molecule has 0 bridgehead atoms. The van der Waals surface area contributed by atoms with E-state index in [1.54, 1.807) is 19.4 Å².